The first-order valence-corrected chi connectivity index (χ1v) is 6.67. The van der Waals surface area contributed by atoms with Crippen molar-refractivity contribution in [3.63, 3.8) is 0 Å². The van der Waals surface area contributed by atoms with Gasteiger partial charge in [0.15, 0.2) is 0 Å². The van der Waals surface area contributed by atoms with Crippen LogP contribution in [0.5, 0.6) is 0 Å². The molecule has 0 heterocycles. The fraction of sp³-hybridized carbons (Fsp3) is 0.455. The van der Waals surface area contributed by atoms with E-state index < -0.39 is 10.0 Å². The Morgan fingerprint density at radius 3 is 2.33 bits per heavy atom. The molecule has 15 heavy (non-hydrogen) atoms. The van der Waals surface area contributed by atoms with Crippen LogP contribution in [-0.2, 0) is 10.0 Å². The van der Waals surface area contributed by atoms with E-state index in [-0.39, 0.29) is 6.04 Å². The number of hydrogen-bond donors (Lipinski definition) is 0. The van der Waals surface area contributed by atoms with Gasteiger partial charge < -0.3 is 0 Å². The first-order chi connectivity index (χ1) is 7.16. The first kappa shape index (κ1) is 10.6. The fourth-order valence-electron chi connectivity index (χ4n) is 1.71. The van der Waals surface area contributed by atoms with Gasteiger partial charge in [0.05, 0.1) is 4.90 Å². The summed E-state index contributed by atoms with van der Waals surface area (Å²) in [6.07, 6.45) is 2.00. The van der Waals surface area contributed by atoms with Gasteiger partial charge in [0, 0.05) is 12.6 Å². The number of rotatable bonds is 4. The second-order valence-corrected chi connectivity index (χ2v) is 5.64. The van der Waals surface area contributed by atoms with Crippen molar-refractivity contribution in [3.05, 3.63) is 30.3 Å². The summed E-state index contributed by atoms with van der Waals surface area (Å²) in [5.74, 6) is 0. The van der Waals surface area contributed by atoms with E-state index in [1.54, 1.807) is 28.6 Å². The van der Waals surface area contributed by atoms with Gasteiger partial charge in [0.1, 0.15) is 0 Å². The summed E-state index contributed by atoms with van der Waals surface area (Å²) in [4.78, 5) is 0.402. The molecule has 82 valence electrons. The molecule has 1 aromatic rings. The lowest BCUT2D eigenvalue weighted by Crippen LogP contribution is -2.32. The normalized spacial score (nSPS) is 16.9. The zero-order valence-corrected chi connectivity index (χ0v) is 9.57. The van der Waals surface area contributed by atoms with Crippen molar-refractivity contribution in [2.24, 2.45) is 0 Å². The molecule has 0 bridgehead atoms. The topological polar surface area (TPSA) is 37.4 Å². The summed E-state index contributed by atoms with van der Waals surface area (Å²) in [5, 5.41) is 0. The first-order valence-electron chi connectivity index (χ1n) is 5.23. The molecule has 4 heteroatoms. The number of sulfonamides is 1. The Kier molecular flexibility index (Phi) is 2.80. The summed E-state index contributed by atoms with van der Waals surface area (Å²) >= 11 is 0. The number of nitrogens with zero attached hydrogens (tertiary/aromatic N) is 1. The summed E-state index contributed by atoms with van der Waals surface area (Å²) < 4.78 is 25.9. The molecule has 1 fully saturated rings. The molecular formula is C11H15NO2S. The van der Waals surface area contributed by atoms with Crippen LogP contribution in [0.3, 0.4) is 0 Å². The van der Waals surface area contributed by atoms with Gasteiger partial charge in [-0.3, -0.25) is 0 Å². The van der Waals surface area contributed by atoms with Gasteiger partial charge in [-0.15, -0.1) is 0 Å². The van der Waals surface area contributed by atoms with E-state index in [0.717, 1.165) is 12.8 Å². The van der Waals surface area contributed by atoms with E-state index in [1.807, 2.05) is 13.0 Å². The van der Waals surface area contributed by atoms with E-state index in [4.69, 9.17) is 0 Å². The van der Waals surface area contributed by atoms with Crippen molar-refractivity contribution in [1.29, 1.82) is 0 Å². The van der Waals surface area contributed by atoms with Crippen molar-refractivity contribution in [2.45, 2.75) is 30.7 Å². The van der Waals surface area contributed by atoms with Crippen molar-refractivity contribution in [1.82, 2.24) is 4.31 Å². The average Bonchev–Trinajstić information content (AvgIpc) is 3.04. The molecule has 0 spiro atoms. The Labute approximate surface area is 90.8 Å². The molecule has 0 atom stereocenters. The highest BCUT2D eigenvalue weighted by Gasteiger charge is 2.36. The van der Waals surface area contributed by atoms with Gasteiger partial charge in [-0.05, 0) is 25.0 Å². The van der Waals surface area contributed by atoms with Crippen LogP contribution in [0.2, 0.25) is 0 Å². The standard InChI is InChI=1S/C11H15NO2S/c1-2-12(10-8-9-10)15(13,14)11-6-4-3-5-7-11/h3-7,10H,2,8-9H2,1H3. The Morgan fingerprint density at radius 1 is 1.27 bits per heavy atom. The Morgan fingerprint density at radius 2 is 1.87 bits per heavy atom. The Bertz CT molecular complexity index is 423. The molecule has 0 saturated heterocycles. The van der Waals surface area contributed by atoms with Crippen LogP contribution in [0.4, 0.5) is 0 Å². The van der Waals surface area contributed by atoms with Crippen LogP contribution in [0.25, 0.3) is 0 Å². The van der Waals surface area contributed by atoms with Crippen LogP contribution in [0, 0.1) is 0 Å². The maximum Gasteiger partial charge on any atom is 0.243 e. The predicted molar refractivity (Wildman–Crippen MR) is 59.0 cm³/mol. The van der Waals surface area contributed by atoms with Crippen LogP contribution in [-0.4, -0.2) is 25.3 Å². The van der Waals surface area contributed by atoms with Gasteiger partial charge in [-0.1, -0.05) is 25.1 Å². The molecule has 2 rings (SSSR count). The molecule has 0 N–H and O–H groups in total. The molecule has 0 radical (unpaired) electrons. The second-order valence-electron chi connectivity index (χ2n) is 3.75. The van der Waals surface area contributed by atoms with Crippen LogP contribution in [0.15, 0.2) is 35.2 Å². The molecule has 1 aromatic carbocycles. The van der Waals surface area contributed by atoms with Gasteiger partial charge in [-0.2, -0.15) is 4.31 Å². The van der Waals surface area contributed by atoms with Crippen molar-refractivity contribution in [3.8, 4) is 0 Å². The van der Waals surface area contributed by atoms with Crippen molar-refractivity contribution in [2.75, 3.05) is 6.54 Å². The van der Waals surface area contributed by atoms with E-state index in [1.165, 1.54) is 0 Å². The summed E-state index contributed by atoms with van der Waals surface area (Å²) in [5.41, 5.74) is 0. The predicted octanol–water partition coefficient (Wildman–Crippen LogP) is 1.86. The van der Waals surface area contributed by atoms with Gasteiger partial charge in [0.2, 0.25) is 10.0 Å². The smallest absolute Gasteiger partial charge is 0.207 e. The number of hydrogen-bond acceptors (Lipinski definition) is 2. The molecule has 0 amide bonds. The lowest BCUT2D eigenvalue weighted by Gasteiger charge is -2.19. The molecule has 1 aliphatic rings. The lowest BCUT2D eigenvalue weighted by atomic mass is 10.4. The highest BCUT2D eigenvalue weighted by Crippen LogP contribution is 2.31. The van der Waals surface area contributed by atoms with E-state index in [2.05, 4.69) is 0 Å². The molecule has 1 saturated carbocycles. The second kappa shape index (κ2) is 3.94. The molecular weight excluding hydrogens is 210 g/mol. The van der Waals surface area contributed by atoms with E-state index in [0.29, 0.717) is 11.4 Å². The monoisotopic (exact) mass is 225 g/mol. The highest BCUT2D eigenvalue weighted by molar-refractivity contribution is 7.89. The third-order valence-electron chi connectivity index (χ3n) is 2.62. The lowest BCUT2D eigenvalue weighted by molar-refractivity contribution is 0.421. The molecule has 1 aliphatic carbocycles. The summed E-state index contributed by atoms with van der Waals surface area (Å²) in [7, 11) is -3.25. The zero-order chi connectivity index (χ0) is 10.9. The summed E-state index contributed by atoms with van der Waals surface area (Å²) in [6.45, 7) is 2.45. The SMILES string of the molecule is CCN(C1CC1)S(=O)(=O)c1ccccc1. The summed E-state index contributed by atoms with van der Waals surface area (Å²) in [6, 6.07) is 8.88. The average molecular weight is 225 g/mol. The molecule has 0 aliphatic heterocycles. The Hall–Kier alpha value is -0.870. The molecule has 0 unspecified atom stereocenters. The fourth-order valence-corrected chi connectivity index (χ4v) is 3.43. The van der Waals surface area contributed by atoms with Gasteiger partial charge >= 0.3 is 0 Å². The largest absolute Gasteiger partial charge is 0.243 e. The molecule has 3 nitrogen and oxygen atoms in total. The zero-order valence-electron chi connectivity index (χ0n) is 8.76. The van der Waals surface area contributed by atoms with Gasteiger partial charge in [0.25, 0.3) is 0 Å². The van der Waals surface area contributed by atoms with Crippen LogP contribution >= 0.6 is 0 Å². The third kappa shape index (κ3) is 2.06. The Balaban J connectivity index is 2.33. The number of benzene rings is 1. The minimum atomic E-state index is -3.25. The minimum absolute atomic E-state index is 0.236. The quantitative estimate of drug-likeness (QED) is 0.784. The maximum absolute atomic E-state index is 12.2. The third-order valence-corrected chi connectivity index (χ3v) is 4.66. The van der Waals surface area contributed by atoms with Crippen LogP contribution in [0.1, 0.15) is 19.8 Å². The van der Waals surface area contributed by atoms with Gasteiger partial charge in [-0.25, -0.2) is 8.42 Å². The van der Waals surface area contributed by atoms with Crippen molar-refractivity contribution >= 4 is 10.0 Å². The van der Waals surface area contributed by atoms with E-state index >= 15 is 0 Å². The highest BCUT2D eigenvalue weighted by atomic mass is 32.2. The van der Waals surface area contributed by atoms with E-state index in [9.17, 15) is 8.42 Å². The van der Waals surface area contributed by atoms with Crippen molar-refractivity contribution < 1.29 is 8.42 Å². The molecule has 0 aromatic heterocycles. The maximum atomic E-state index is 12.2. The van der Waals surface area contributed by atoms with Crippen LogP contribution < -0.4 is 0 Å². The minimum Gasteiger partial charge on any atom is -0.207 e.